The Morgan fingerprint density at radius 3 is 2.10 bits per heavy atom. The minimum Gasteiger partial charge on any atom is -0.459 e. The van der Waals surface area contributed by atoms with Crippen LogP contribution in [0.3, 0.4) is 0 Å². The molecule has 3 aliphatic heterocycles. The van der Waals surface area contributed by atoms with Crippen LogP contribution in [0.5, 0.6) is 0 Å². The van der Waals surface area contributed by atoms with Gasteiger partial charge in [-0.25, -0.2) is 0 Å². The average Bonchev–Trinajstić information content (AvgIpc) is 3.05. The van der Waals surface area contributed by atoms with Crippen molar-refractivity contribution in [3.63, 3.8) is 0 Å². The van der Waals surface area contributed by atoms with E-state index in [4.69, 9.17) is 28.4 Å². The van der Waals surface area contributed by atoms with Crippen molar-refractivity contribution in [1.82, 2.24) is 0 Å². The lowest BCUT2D eigenvalue weighted by Crippen LogP contribution is -2.59. The highest BCUT2D eigenvalue weighted by molar-refractivity contribution is 5.83. The maximum Gasteiger partial charge on any atom is 0.311 e. The summed E-state index contributed by atoms with van der Waals surface area (Å²) in [6, 6.07) is 0. The first-order valence-electron chi connectivity index (χ1n) is 19.5. The molecule has 3 aliphatic rings. The third-order valence-corrected chi connectivity index (χ3v) is 13.0. The molecule has 3 heterocycles. The number of ketones is 1. The SMILES string of the molecule is C=CCO[C@@]1(C)C[C@H](C)C(=O)[C@H](C)[C@@H](O)[C@](C)(O)[C@@H](CC)OC(=O)[C@H](C)[C@@H](O[C@H]2CC(C)(C)[C@@H](C)[C@H](C)O2)[C@H](C)[C@H]1OC1O[C@H](C)C[C@H](C)[C@H]1C. The number of carbonyl (C=O) groups excluding carboxylic acids is 2. The summed E-state index contributed by atoms with van der Waals surface area (Å²) in [5.74, 6) is -3.09. The van der Waals surface area contributed by atoms with Crippen molar-refractivity contribution in [2.75, 3.05) is 6.61 Å². The number of aliphatic hydroxyl groups excluding tert-OH is 1. The van der Waals surface area contributed by atoms with Crippen molar-refractivity contribution < 1.29 is 48.2 Å². The second kappa shape index (κ2) is 17.4. The first kappa shape index (κ1) is 44.0. The van der Waals surface area contributed by atoms with Gasteiger partial charge in [0.05, 0.1) is 48.6 Å². The number of rotatable bonds is 8. The minimum absolute atomic E-state index is 0.0285. The lowest BCUT2D eigenvalue weighted by Gasteiger charge is -2.50. The van der Waals surface area contributed by atoms with Crippen molar-refractivity contribution in [2.45, 2.75) is 183 Å². The van der Waals surface area contributed by atoms with Crippen molar-refractivity contribution in [1.29, 1.82) is 0 Å². The zero-order chi connectivity index (χ0) is 38.8. The van der Waals surface area contributed by atoms with Gasteiger partial charge in [-0.2, -0.15) is 0 Å². The Kier molecular flexibility index (Phi) is 15.0. The van der Waals surface area contributed by atoms with Gasteiger partial charge in [0.1, 0.15) is 17.5 Å². The summed E-state index contributed by atoms with van der Waals surface area (Å²) in [7, 11) is 0. The van der Waals surface area contributed by atoms with Gasteiger partial charge in [0.15, 0.2) is 12.6 Å². The topological polar surface area (TPSA) is 130 Å². The molecule has 0 bridgehead atoms. The highest BCUT2D eigenvalue weighted by atomic mass is 16.7. The Hall–Kier alpha value is -1.40. The number of cyclic esters (lactones) is 1. The minimum atomic E-state index is -1.90. The molecule has 0 amide bonds. The molecule has 3 rings (SSSR count). The first-order valence-corrected chi connectivity index (χ1v) is 19.5. The van der Waals surface area contributed by atoms with Crippen LogP contribution in [0.1, 0.15) is 123 Å². The molecule has 296 valence electrons. The molecule has 0 aliphatic carbocycles. The van der Waals surface area contributed by atoms with Crippen molar-refractivity contribution in [2.24, 2.45) is 46.8 Å². The largest absolute Gasteiger partial charge is 0.459 e. The number of ether oxygens (including phenoxy) is 6. The lowest BCUT2D eigenvalue weighted by molar-refractivity contribution is -0.304. The summed E-state index contributed by atoms with van der Waals surface area (Å²) in [6.07, 6.45) is -1.80. The molecule has 1 unspecified atom stereocenters. The molecule has 0 aromatic carbocycles. The van der Waals surface area contributed by atoms with Crippen LogP contribution in [0, 0.1) is 46.8 Å². The maximum atomic E-state index is 14.2. The standard InChI is InChI=1S/C41H72O10/c1-16-18-46-40(14)20-23(4)33(42)26(7)35(43)41(15,45)31(17-2)49-37(44)28(9)34(50-32-21-39(12,13)29(10)30(11)48-32)27(8)36(40)51-38-25(6)22(3)19-24(5)47-38/h16,22-32,34-36,38,43,45H,1,17-21H2,2-15H3/t22-,23-,24+,25+,26-,27-,28+,29-,30-,31+,32-,34-,35+,36+,38?,40-,41+/m0/s1. The lowest BCUT2D eigenvalue weighted by atomic mass is 9.72. The van der Waals surface area contributed by atoms with Crippen molar-refractivity contribution in [3.05, 3.63) is 12.7 Å². The zero-order valence-electron chi connectivity index (χ0n) is 34.1. The number of hydrogen-bond donors (Lipinski definition) is 2. The monoisotopic (exact) mass is 725 g/mol. The van der Waals surface area contributed by atoms with E-state index in [0.29, 0.717) is 12.3 Å². The molecule has 0 aromatic rings. The van der Waals surface area contributed by atoms with Gasteiger partial charge >= 0.3 is 5.97 Å². The summed E-state index contributed by atoms with van der Waals surface area (Å²) in [4.78, 5) is 28.3. The van der Waals surface area contributed by atoms with Crippen LogP contribution in [-0.4, -0.2) is 89.0 Å². The fourth-order valence-electron chi connectivity index (χ4n) is 8.83. The van der Waals surface area contributed by atoms with Gasteiger partial charge in [-0.05, 0) is 71.1 Å². The highest BCUT2D eigenvalue weighted by Gasteiger charge is 2.53. The predicted molar refractivity (Wildman–Crippen MR) is 197 cm³/mol. The first-order chi connectivity index (χ1) is 23.5. The third kappa shape index (κ3) is 9.83. The van der Waals surface area contributed by atoms with E-state index in [1.54, 1.807) is 26.8 Å². The summed E-state index contributed by atoms with van der Waals surface area (Å²) < 4.78 is 39.7. The van der Waals surface area contributed by atoms with E-state index in [1.165, 1.54) is 6.92 Å². The van der Waals surface area contributed by atoms with Gasteiger partial charge in [-0.1, -0.05) is 68.4 Å². The molecule has 0 radical (unpaired) electrons. The van der Waals surface area contributed by atoms with Gasteiger partial charge in [0.25, 0.3) is 0 Å². The van der Waals surface area contributed by atoms with Crippen LogP contribution in [0.25, 0.3) is 0 Å². The molecular formula is C41H72O10. The summed E-state index contributed by atoms with van der Waals surface area (Å²) in [6.45, 7) is 31.4. The van der Waals surface area contributed by atoms with E-state index in [-0.39, 0.29) is 54.7 Å². The van der Waals surface area contributed by atoms with E-state index >= 15 is 0 Å². The van der Waals surface area contributed by atoms with E-state index in [9.17, 15) is 19.8 Å². The molecule has 17 atom stereocenters. The smallest absolute Gasteiger partial charge is 0.311 e. The number of esters is 1. The molecule has 3 saturated heterocycles. The van der Waals surface area contributed by atoms with Crippen molar-refractivity contribution >= 4 is 11.8 Å². The Morgan fingerprint density at radius 1 is 0.902 bits per heavy atom. The van der Waals surface area contributed by atoms with Crippen LogP contribution in [0.2, 0.25) is 0 Å². The van der Waals surface area contributed by atoms with Crippen LogP contribution in [-0.2, 0) is 38.0 Å². The Balaban J connectivity index is 2.24. The second-order valence-electron chi connectivity index (χ2n) is 17.7. The van der Waals surface area contributed by atoms with Crippen LogP contribution < -0.4 is 0 Å². The van der Waals surface area contributed by atoms with Crippen LogP contribution >= 0.6 is 0 Å². The van der Waals surface area contributed by atoms with Gasteiger partial charge < -0.3 is 38.6 Å². The van der Waals surface area contributed by atoms with E-state index in [2.05, 4.69) is 41.2 Å². The van der Waals surface area contributed by atoms with E-state index in [0.717, 1.165) is 6.42 Å². The molecule has 3 fully saturated rings. The number of hydrogen-bond acceptors (Lipinski definition) is 10. The van der Waals surface area contributed by atoms with Gasteiger partial charge in [-0.15, -0.1) is 6.58 Å². The second-order valence-corrected chi connectivity index (χ2v) is 17.7. The predicted octanol–water partition coefficient (Wildman–Crippen LogP) is 6.87. The zero-order valence-corrected chi connectivity index (χ0v) is 34.1. The Labute approximate surface area is 308 Å². The average molecular weight is 725 g/mol. The fourth-order valence-corrected chi connectivity index (χ4v) is 8.83. The Morgan fingerprint density at radius 2 is 1.53 bits per heavy atom. The molecule has 0 spiro atoms. The summed E-state index contributed by atoms with van der Waals surface area (Å²) in [5, 5.41) is 23.2. The van der Waals surface area contributed by atoms with Crippen LogP contribution in [0.4, 0.5) is 0 Å². The number of carbonyl (C=O) groups is 2. The van der Waals surface area contributed by atoms with Gasteiger partial charge in [-0.3, -0.25) is 9.59 Å². The fraction of sp³-hybridized carbons (Fsp3) is 0.902. The molecule has 0 saturated carbocycles. The van der Waals surface area contributed by atoms with Crippen LogP contribution in [0.15, 0.2) is 12.7 Å². The molecule has 10 nitrogen and oxygen atoms in total. The summed E-state index contributed by atoms with van der Waals surface area (Å²) in [5.41, 5.74) is -3.11. The van der Waals surface area contributed by atoms with E-state index < -0.39 is 77.8 Å². The molecule has 0 aromatic heterocycles. The normalized spacial score (nSPS) is 47.6. The van der Waals surface area contributed by atoms with E-state index in [1.807, 2.05) is 34.6 Å². The van der Waals surface area contributed by atoms with Gasteiger partial charge in [0, 0.05) is 30.1 Å². The van der Waals surface area contributed by atoms with Crippen molar-refractivity contribution in [3.8, 4) is 0 Å². The maximum absolute atomic E-state index is 14.2. The Bertz CT molecular complexity index is 1170. The third-order valence-electron chi connectivity index (χ3n) is 13.0. The van der Waals surface area contributed by atoms with Gasteiger partial charge in [0.2, 0.25) is 0 Å². The molecule has 51 heavy (non-hydrogen) atoms. The molecule has 10 heteroatoms. The highest BCUT2D eigenvalue weighted by Crippen LogP contribution is 2.45. The number of Topliss-reactive ketones (excluding diaryl/α,β-unsaturated/α-hetero) is 1. The molecular weight excluding hydrogens is 652 g/mol. The number of aliphatic hydroxyl groups is 2. The molecule has 2 N–H and O–H groups in total. The quantitative estimate of drug-likeness (QED) is 0.202. The summed E-state index contributed by atoms with van der Waals surface area (Å²) >= 11 is 0.